The lowest BCUT2D eigenvalue weighted by Crippen LogP contribution is -2.31. The standard InChI is InChI=1S/C13H12N4O4/c18-11-2-1-9(13(20)21)8-17(11)6-5-16-12(19)10-7-14-3-4-15-10/h1-4,7-8H,5-6H2,(H,16,19)(H,20,21). The molecule has 0 aromatic carbocycles. The molecule has 0 radical (unpaired) electrons. The summed E-state index contributed by atoms with van der Waals surface area (Å²) in [4.78, 5) is 41.7. The van der Waals surface area contributed by atoms with E-state index in [4.69, 9.17) is 5.11 Å². The van der Waals surface area contributed by atoms with Crippen molar-refractivity contribution in [2.75, 3.05) is 6.54 Å². The van der Waals surface area contributed by atoms with Crippen molar-refractivity contribution < 1.29 is 14.7 Å². The minimum atomic E-state index is -1.12. The van der Waals surface area contributed by atoms with Gasteiger partial charge in [-0.1, -0.05) is 0 Å². The van der Waals surface area contributed by atoms with Crippen LogP contribution in [0.5, 0.6) is 0 Å². The molecule has 0 aliphatic rings. The molecule has 0 spiro atoms. The van der Waals surface area contributed by atoms with Crippen LogP contribution in [-0.2, 0) is 6.54 Å². The van der Waals surface area contributed by atoms with Crippen LogP contribution < -0.4 is 10.9 Å². The lowest BCUT2D eigenvalue weighted by molar-refractivity contribution is 0.0695. The number of aromatic nitrogens is 3. The van der Waals surface area contributed by atoms with E-state index >= 15 is 0 Å². The number of pyridine rings is 1. The minimum Gasteiger partial charge on any atom is -0.478 e. The number of aromatic carboxylic acids is 1. The number of nitrogens with zero attached hydrogens (tertiary/aromatic N) is 3. The smallest absolute Gasteiger partial charge is 0.337 e. The molecular formula is C13H12N4O4. The summed E-state index contributed by atoms with van der Waals surface area (Å²) < 4.78 is 1.22. The molecule has 0 aliphatic carbocycles. The van der Waals surface area contributed by atoms with Crippen molar-refractivity contribution in [3.8, 4) is 0 Å². The first kappa shape index (κ1) is 14.4. The van der Waals surface area contributed by atoms with Crippen LogP contribution in [-0.4, -0.2) is 38.1 Å². The van der Waals surface area contributed by atoms with Gasteiger partial charge in [-0.15, -0.1) is 0 Å². The van der Waals surface area contributed by atoms with Crippen molar-refractivity contribution in [2.45, 2.75) is 6.54 Å². The monoisotopic (exact) mass is 288 g/mol. The zero-order valence-electron chi connectivity index (χ0n) is 10.9. The van der Waals surface area contributed by atoms with Crippen LogP contribution in [0.4, 0.5) is 0 Å². The molecule has 0 saturated heterocycles. The van der Waals surface area contributed by atoms with Crippen molar-refractivity contribution in [3.63, 3.8) is 0 Å². The molecule has 2 rings (SSSR count). The first-order valence-corrected chi connectivity index (χ1v) is 6.06. The van der Waals surface area contributed by atoms with Gasteiger partial charge < -0.3 is 15.0 Å². The molecule has 8 nitrogen and oxygen atoms in total. The van der Waals surface area contributed by atoms with Gasteiger partial charge in [0.25, 0.3) is 11.5 Å². The molecule has 0 fully saturated rings. The molecule has 0 saturated carbocycles. The fourth-order valence-electron chi connectivity index (χ4n) is 1.63. The van der Waals surface area contributed by atoms with Crippen molar-refractivity contribution in [3.05, 3.63) is 58.5 Å². The third-order valence-corrected chi connectivity index (χ3v) is 2.66. The normalized spacial score (nSPS) is 10.1. The summed E-state index contributed by atoms with van der Waals surface area (Å²) in [5.74, 6) is -1.53. The van der Waals surface area contributed by atoms with Crippen LogP contribution in [0.2, 0.25) is 0 Å². The lowest BCUT2D eigenvalue weighted by atomic mass is 10.3. The molecule has 0 bridgehead atoms. The van der Waals surface area contributed by atoms with Crippen molar-refractivity contribution >= 4 is 11.9 Å². The Kier molecular flexibility index (Phi) is 4.39. The predicted octanol–water partition coefficient (Wildman–Crippen LogP) is -0.234. The number of carbonyl (C=O) groups excluding carboxylic acids is 1. The van der Waals surface area contributed by atoms with Gasteiger partial charge in [-0.2, -0.15) is 0 Å². The Morgan fingerprint density at radius 3 is 2.76 bits per heavy atom. The molecule has 2 heterocycles. The van der Waals surface area contributed by atoms with Crippen molar-refractivity contribution in [1.82, 2.24) is 19.9 Å². The number of carboxylic acid groups (broad SMARTS) is 1. The maximum atomic E-state index is 11.7. The number of carboxylic acids is 1. The maximum Gasteiger partial charge on any atom is 0.337 e. The number of hydrogen-bond acceptors (Lipinski definition) is 5. The number of amides is 1. The summed E-state index contributed by atoms with van der Waals surface area (Å²) >= 11 is 0. The summed E-state index contributed by atoms with van der Waals surface area (Å²) in [7, 11) is 0. The van der Waals surface area contributed by atoms with E-state index in [1.807, 2.05) is 0 Å². The summed E-state index contributed by atoms with van der Waals surface area (Å²) in [5, 5.41) is 11.4. The average Bonchev–Trinajstić information content (AvgIpc) is 2.49. The van der Waals surface area contributed by atoms with E-state index in [0.717, 1.165) is 0 Å². The number of carbonyl (C=O) groups is 2. The molecule has 2 aromatic heterocycles. The molecule has 21 heavy (non-hydrogen) atoms. The Hall–Kier alpha value is -3.03. The van der Waals surface area contributed by atoms with Gasteiger partial charge in [-0.05, 0) is 6.07 Å². The first-order chi connectivity index (χ1) is 10.1. The summed E-state index contributed by atoms with van der Waals surface area (Å²) in [6.07, 6.45) is 5.41. The van der Waals surface area contributed by atoms with Crippen LogP contribution in [0.25, 0.3) is 0 Å². The third kappa shape index (κ3) is 3.72. The molecular weight excluding hydrogens is 276 g/mol. The van der Waals surface area contributed by atoms with E-state index in [1.165, 1.54) is 41.5 Å². The van der Waals surface area contributed by atoms with Gasteiger partial charge in [0.15, 0.2) is 0 Å². The SMILES string of the molecule is O=C(O)c1ccc(=O)n(CCNC(=O)c2cnccn2)c1. The van der Waals surface area contributed by atoms with Crippen LogP contribution in [0, 0.1) is 0 Å². The van der Waals surface area contributed by atoms with E-state index in [0.29, 0.717) is 0 Å². The number of rotatable bonds is 5. The van der Waals surface area contributed by atoms with Crippen LogP contribution in [0.3, 0.4) is 0 Å². The van der Waals surface area contributed by atoms with E-state index in [2.05, 4.69) is 15.3 Å². The maximum absolute atomic E-state index is 11.7. The van der Waals surface area contributed by atoms with E-state index in [1.54, 1.807) is 0 Å². The topological polar surface area (TPSA) is 114 Å². The summed E-state index contributed by atoms with van der Waals surface area (Å²) in [6.45, 7) is 0.324. The summed E-state index contributed by atoms with van der Waals surface area (Å²) in [5.41, 5.74) is -0.160. The van der Waals surface area contributed by atoms with Crippen LogP contribution in [0.15, 0.2) is 41.7 Å². The Morgan fingerprint density at radius 2 is 2.10 bits per heavy atom. The zero-order chi connectivity index (χ0) is 15.2. The molecule has 108 valence electrons. The highest BCUT2D eigenvalue weighted by molar-refractivity contribution is 5.91. The molecule has 2 aromatic rings. The van der Waals surface area contributed by atoms with Gasteiger partial charge in [-0.3, -0.25) is 14.6 Å². The van der Waals surface area contributed by atoms with Gasteiger partial charge >= 0.3 is 5.97 Å². The second-order valence-electron chi connectivity index (χ2n) is 4.10. The second-order valence-corrected chi connectivity index (χ2v) is 4.10. The molecule has 2 N–H and O–H groups in total. The van der Waals surface area contributed by atoms with E-state index in [-0.39, 0.29) is 29.9 Å². The van der Waals surface area contributed by atoms with Gasteiger partial charge in [0.05, 0.1) is 11.8 Å². The quantitative estimate of drug-likeness (QED) is 0.785. The minimum absolute atomic E-state index is 0.00912. The zero-order valence-corrected chi connectivity index (χ0v) is 10.9. The van der Waals surface area contributed by atoms with Crippen molar-refractivity contribution in [1.29, 1.82) is 0 Å². The van der Waals surface area contributed by atoms with Crippen LogP contribution >= 0.6 is 0 Å². The largest absolute Gasteiger partial charge is 0.478 e. The first-order valence-electron chi connectivity index (χ1n) is 6.06. The fraction of sp³-hybridized carbons (Fsp3) is 0.154. The summed E-state index contributed by atoms with van der Waals surface area (Å²) in [6, 6.07) is 2.41. The third-order valence-electron chi connectivity index (χ3n) is 2.66. The molecule has 8 heteroatoms. The molecule has 0 aliphatic heterocycles. The Balaban J connectivity index is 1.98. The fourth-order valence-corrected chi connectivity index (χ4v) is 1.63. The Labute approximate surface area is 119 Å². The van der Waals surface area contributed by atoms with Gasteiger partial charge in [0.2, 0.25) is 0 Å². The van der Waals surface area contributed by atoms with E-state index < -0.39 is 11.9 Å². The number of nitrogens with one attached hydrogen (secondary N) is 1. The van der Waals surface area contributed by atoms with Gasteiger partial charge in [0.1, 0.15) is 5.69 Å². The van der Waals surface area contributed by atoms with Gasteiger partial charge in [0, 0.05) is 37.7 Å². The highest BCUT2D eigenvalue weighted by atomic mass is 16.4. The average molecular weight is 288 g/mol. The Morgan fingerprint density at radius 1 is 1.29 bits per heavy atom. The highest BCUT2D eigenvalue weighted by Gasteiger charge is 2.07. The predicted molar refractivity (Wildman–Crippen MR) is 72.0 cm³/mol. The van der Waals surface area contributed by atoms with E-state index in [9.17, 15) is 14.4 Å². The van der Waals surface area contributed by atoms with Crippen LogP contribution in [0.1, 0.15) is 20.8 Å². The highest BCUT2D eigenvalue weighted by Crippen LogP contribution is 1.95. The van der Waals surface area contributed by atoms with Crippen molar-refractivity contribution in [2.24, 2.45) is 0 Å². The molecule has 0 atom stereocenters. The Bertz CT molecular complexity index is 712. The number of hydrogen-bond donors (Lipinski definition) is 2. The molecule has 0 unspecified atom stereocenters. The molecule has 1 amide bonds. The lowest BCUT2D eigenvalue weighted by Gasteiger charge is -2.07. The second kappa shape index (κ2) is 6.42. The van der Waals surface area contributed by atoms with Gasteiger partial charge in [-0.25, -0.2) is 9.78 Å².